The summed E-state index contributed by atoms with van der Waals surface area (Å²) in [5.41, 5.74) is 4.06. The Labute approximate surface area is 158 Å². The summed E-state index contributed by atoms with van der Waals surface area (Å²) in [6.45, 7) is 0.216. The van der Waals surface area contributed by atoms with Crippen LogP contribution in [0.1, 0.15) is 17.2 Å². The Hall–Kier alpha value is -3.37. The van der Waals surface area contributed by atoms with Crippen molar-refractivity contribution in [1.29, 1.82) is 0 Å². The predicted octanol–water partition coefficient (Wildman–Crippen LogP) is 4.49. The normalized spacial score (nSPS) is 11.0. The largest absolute Gasteiger partial charge is 0.359 e. The van der Waals surface area contributed by atoms with Crippen LogP contribution in [0.25, 0.3) is 10.9 Å². The second kappa shape index (κ2) is 7.89. The second-order valence-electron chi connectivity index (χ2n) is 6.43. The number of carbonyl (C=O) groups excluding carboxylic acids is 1. The third-order valence-electron chi connectivity index (χ3n) is 4.60. The Bertz CT molecular complexity index is 986. The van der Waals surface area contributed by atoms with Crippen LogP contribution in [0, 0.1) is 0 Å². The number of para-hydroxylation sites is 1. The molecule has 134 valence electrons. The van der Waals surface area contributed by atoms with E-state index in [1.165, 1.54) is 0 Å². The molecule has 0 atom stereocenters. The van der Waals surface area contributed by atoms with Crippen LogP contribution >= 0.6 is 0 Å². The number of H-pyrrole nitrogens is 1. The lowest BCUT2D eigenvalue weighted by Gasteiger charge is -2.19. The highest BCUT2D eigenvalue weighted by Crippen LogP contribution is 2.23. The molecule has 0 bridgehead atoms. The van der Waals surface area contributed by atoms with Gasteiger partial charge < -0.3 is 10.3 Å². The van der Waals surface area contributed by atoms with Crippen molar-refractivity contribution in [3.63, 3.8) is 0 Å². The summed E-state index contributed by atoms with van der Waals surface area (Å²) in [6.07, 6.45) is 1.83. The first-order chi connectivity index (χ1) is 13.3. The number of fused-ring (bicyclic) bond motifs is 1. The summed E-state index contributed by atoms with van der Waals surface area (Å²) in [7, 11) is 0. The number of amides is 1. The highest BCUT2D eigenvalue weighted by atomic mass is 16.1. The summed E-state index contributed by atoms with van der Waals surface area (Å²) in [4.78, 5) is 15.7. The molecule has 4 heteroatoms. The Morgan fingerprint density at radius 2 is 1.41 bits per heavy atom. The first kappa shape index (κ1) is 17.1. The van der Waals surface area contributed by atoms with Crippen molar-refractivity contribution in [2.45, 2.75) is 6.04 Å². The predicted molar refractivity (Wildman–Crippen MR) is 110 cm³/mol. The van der Waals surface area contributed by atoms with E-state index in [1.54, 1.807) is 0 Å². The molecule has 0 spiro atoms. The maximum atomic E-state index is 12.5. The zero-order valence-electron chi connectivity index (χ0n) is 14.9. The molecule has 0 aliphatic carbocycles. The van der Waals surface area contributed by atoms with Gasteiger partial charge in [0.05, 0.1) is 18.3 Å². The molecule has 0 unspecified atom stereocenters. The second-order valence-corrected chi connectivity index (χ2v) is 6.43. The van der Waals surface area contributed by atoms with Gasteiger partial charge in [0.1, 0.15) is 0 Å². The Morgan fingerprint density at radius 3 is 2.07 bits per heavy atom. The van der Waals surface area contributed by atoms with E-state index in [2.05, 4.69) is 39.9 Å². The molecule has 1 heterocycles. The monoisotopic (exact) mass is 355 g/mol. The molecule has 0 radical (unpaired) electrons. The van der Waals surface area contributed by atoms with Crippen LogP contribution in [-0.4, -0.2) is 17.4 Å². The van der Waals surface area contributed by atoms with Crippen LogP contribution < -0.4 is 10.6 Å². The zero-order chi connectivity index (χ0) is 18.5. The van der Waals surface area contributed by atoms with E-state index in [0.29, 0.717) is 0 Å². The molecule has 4 aromatic rings. The summed E-state index contributed by atoms with van der Waals surface area (Å²) in [6, 6.07) is 28.2. The van der Waals surface area contributed by atoms with Crippen LogP contribution in [0.5, 0.6) is 0 Å². The van der Waals surface area contributed by atoms with Crippen molar-refractivity contribution in [1.82, 2.24) is 10.3 Å². The highest BCUT2D eigenvalue weighted by Gasteiger charge is 2.15. The lowest BCUT2D eigenvalue weighted by molar-refractivity contribution is -0.115. The van der Waals surface area contributed by atoms with Crippen LogP contribution in [0.15, 0.2) is 91.1 Å². The van der Waals surface area contributed by atoms with E-state index in [4.69, 9.17) is 0 Å². The molecular formula is C23H21N3O. The lowest BCUT2D eigenvalue weighted by Crippen LogP contribution is -2.31. The molecule has 4 nitrogen and oxygen atoms in total. The molecule has 3 N–H and O–H groups in total. The molecule has 1 aromatic heterocycles. The number of benzene rings is 3. The fraction of sp³-hybridized carbons (Fsp3) is 0.0870. The van der Waals surface area contributed by atoms with Crippen molar-refractivity contribution in [2.75, 3.05) is 11.9 Å². The molecule has 1 amide bonds. The average molecular weight is 355 g/mol. The summed E-state index contributed by atoms with van der Waals surface area (Å²) < 4.78 is 0. The van der Waals surface area contributed by atoms with Crippen molar-refractivity contribution in [2.24, 2.45) is 0 Å². The Kier molecular flexibility index (Phi) is 4.99. The van der Waals surface area contributed by atoms with Crippen LogP contribution in [-0.2, 0) is 4.79 Å². The van der Waals surface area contributed by atoms with Gasteiger partial charge in [-0.15, -0.1) is 0 Å². The zero-order valence-corrected chi connectivity index (χ0v) is 14.9. The molecule has 0 aliphatic heterocycles. The van der Waals surface area contributed by atoms with Crippen molar-refractivity contribution in [3.05, 3.63) is 102 Å². The smallest absolute Gasteiger partial charge is 0.238 e. The molecule has 0 saturated heterocycles. The topological polar surface area (TPSA) is 56.9 Å². The third kappa shape index (κ3) is 3.91. The number of aromatic amines is 1. The highest BCUT2D eigenvalue weighted by molar-refractivity contribution is 6.02. The minimum Gasteiger partial charge on any atom is -0.359 e. The summed E-state index contributed by atoms with van der Waals surface area (Å²) in [5, 5.41) is 7.39. The van der Waals surface area contributed by atoms with Gasteiger partial charge in [0.25, 0.3) is 0 Å². The van der Waals surface area contributed by atoms with Gasteiger partial charge in [-0.1, -0.05) is 78.9 Å². The molecule has 0 saturated carbocycles. The third-order valence-corrected chi connectivity index (χ3v) is 4.60. The number of carbonyl (C=O) groups is 1. The maximum Gasteiger partial charge on any atom is 0.238 e. The van der Waals surface area contributed by atoms with E-state index in [9.17, 15) is 4.79 Å². The van der Waals surface area contributed by atoms with Gasteiger partial charge in [0.2, 0.25) is 5.91 Å². The van der Waals surface area contributed by atoms with Crippen molar-refractivity contribution in [3.8, 4) is 0 Å². The minimum absolute atomic E-state index is 0.0406. The number of hydrogen-bond donors (Lipinski definition) is 3. The van der Waals surface area contributed by atoms with Gasteiger partial charge in [0, 0.05) is 17.1 Å². The van der Waals surface area contributed by atoms with Gasteiger partial charge >= 0.3 is 0 Å². The molecular weight excluding hydrogens is 334 g/mol. The van der Waals surface area contributed by atoms with Crippen molar-refractivity contribution >= 4 is 22.5 Å². The van der Waals surface area contributed by atoms with Gasteiger partial charge in [-0.2, -0.15) is 0 Å². The number of aromatic nitrogens is 1. The van der Waals surface area contributed by atoms with Crippen LogP contribution in [0.3, 0.4) is 0 Å². The molecule has 0 fully saturated rings. The SMILES string of the molecule is O=C(CNC(c1ccccc1)c1ccccc1)Nc1c[nH]c2ccccc12. The maximum absolute atomic E-state index is 12.5. The molecule has 0 aliphatic rings. The molecule has 3 aromatic carbocycles. The fourth-order valence-corrected chi connectivity index (χ4v) is 3.28. The standard InChI is InChI=1S/C23H21N3O/c27-22(26-21-15-24-20-14-8-7-13-19(20)21)16-25-23(17-9-3-1-4-10-17)18-11-5-2-6-12-18/h1-15,23-25H,16H2,(H,26,27). The Balaban J connectivity index is 1.48. The first-order valence-corrected chi connectivity index (χ1v) is 9.00. The van der Waals surface area contributed by atoms with E-state index in [1.807, 2.05) is 66.9 Å². The summed E-state index contributed by atoms with van der Waals surface area (Å²) >= 11 is 0. The minimum atomic E-state index is -0.0726. The van der Waals surface area contributed by atoms with Crippen LogP contribution in [0.2, 0.25) is 0 Å². The van der Waals surface area contributed by atoms with Gasteiger partial charge in [0.15, 0.2) is 0 Å². The fourth-order valence-electron chi connectivity index (χ4n) is 3.28. The van der Waals surface area contributed by atoms with E-state index < -0.39 is 0 Å². The van der Waals surface area contributed by atoms with Crippen molar-refractivity contribution < 1.29 is 4.79 Å². The number of rotatable bonds is 6. The Morgan fingerprint density at radius 1 is 0.815 bits per heavy atom. The molecule has 4 rings (SSSR count). The van der Waals surface area contributed by atoms with E-state index in [-0.39, 0.29) is 18.5 Å². The van der Waals surface area contributed by atoms with E-state index >= 15 is 0 Å². The average Bonchev–Trinajstić information content (AvgIpc) is 3.13. The van der Waals surface area contributed by atoms with Gasteiger partial charge in [-0.25, -0.2) is 0 Å². The lowest BCUT2D eigenvalue weighted by atomic mass is 9.99. The quantitative estimate of drug-likeness (QED) is 0.477. The van der Waals surface area contributed by atoms with Gasteiger partial charge in [-0.3, -0.25) is 10.1 Å². The van der Waals surface area contributed by atoms with Gasteiger partial charge in [-0.05, 0) is 17.2 Å². The number of nitrogens with one attached hydrogen (secondary N) is 3. The van der Waals surface area contributed by atoms with Crippen LogP contribution in [0.4, 0.5) is 5.69 Å². The first-order valence-electron chi connectivity index (χ1n) is 9.00. The molecule has 27 heavy (non-hydrogen) atoms. The summed E-state index contributed by atoms with van der Waals surface area (Å²) in [5.74, 6) is -0.0726. The van der Waals surface area contributed by atoms with E-state index in [0.717, 1.165) is 27.7 Å². The number of hydrogen-bond acceptors (Lipinski definition) is 2. The number of anilines is 1.